The fourth-order valence-corrected chi connectivity index (χ4v) is 1.44. The van der Waals surface area contributed by atoms with Crippen molar-refractivity contribution in [2.45, 2.75) is 20.4 Å². The molecule has 0 radical (unpaired) electrons. The number of rotatable bonds is 6. The zero-order valence-electron chi connectivity index (χ0n) is 10.7. The summed E-state index contributed by atoms with van der Waals surface area (Å²) in [5.74, 6) is -1.10. The van der Waals surface area contributed by atoms with Crippen LogP contribution in [0.3, 0.4) is 0 Å². The molecule has 0 aliphatic rings. The second-order valence-electron chi connectivity index (χ2n) is 5.10. The predicted molar refractivity (Wildman–Crippen MR) is 67.5 cm³/mol. The van der Waals surface area contributed by atoms with Crippen molar-refractivity contribution in [2.75, 3.05) is 13.2 Å². The van der Waals surface area contributed by atoms with E-state index in [4.69, 9.17) is 10.8 Å². The maximum atomic E-state index is 13.6. The number of hydrogen-bond acceptors (Lipinski definition) is 3. The Morgan fingerprint density at radius 3 is 2.67 bits per heavy atom. The summed E-state index contributed by atoms with van der Waals surface area (Å²) in [6, 6.07) is 4.17. The Morgan fingerprint density at radius 2 is 2.17 bits per heavy atom. The first-order chi connectivity index (χ1) is 8.35. The van der Waals surface area contributed by atoms with E-state index in [1.54, 1.807) is 0 Å². The molecule has 0 aromatic heterocycles. The third-order valence-electron chi connectivity index (χ3n) is 2.68. The molecule has 18 heavy (non-hydrogen) atoms. The molecule has 5 heteroatoms. The van der Waals surface area contributed by atoms with Gasteiger partial charge >= 0.3 is 0 Å². The molecule has 0 saturated heterocycles. The van der Waals surface area contributed by atoms with Crippen LogP contribution in [0.15, 0.2) is 18.2 Å². The Hall–Kier alpha value is -1.46. The van der Waals surface area contributed by atoms with E-state index in [0.29, 0.717) is 18.7 Å². The normalized spacial score (nSPS) is 11.6. The maximum absolute atomic E-state index is 13.6. The number of aliphatic hydroxyl groups excluding tert-OH is 1. The number of hydrogen-bond donors (Lipinski definition) is 3. The van der Waals surface area contributed by atoms with E-state index in [9.17, 15) is 9.18 Å². The topological polar surface area (TPSA) is 75.3 Å². The van der Waals surface area contributed by atoms with E-state index in [1.165, 1.54) is 12.1 Å². The minimum absolute atomic E-state index is 0.0586. The Morgan fingerprint density at radius 1 is 1.50 bits per heavy atom. The minimum Gasteiger partial charge on any atom is -0.396 e. The van der Waals surface area contributed by atoms with Gasteiger partial charge in [0, 0.05) is 36.2 Å². The van der Waals surface area contributed by atoms with Crippen molar-refractivity contribution < 1.29 is 14.3 Å². The van der Waals surface area contributed by atoms with Gasteiger partial charge in [-0.3, -0.25) is 4.79 Å². The Balaban J connectivity index is 2.61. The van der Waals surface area contributed by atoms with Gasteiger partial charge in [0.05, 0.1) is 0 Å². The van der Waals surface area contributed by atoms with Crippen LogP contribution in [0.2, 0.25) is 0 Å². The summed E-state index contributed by atoms with van der Waals surface area (Å²) in [4.78, 5) is 10.9. The molecule has 100 valence electrons. The van der Waals surface area contributed by atoms with E-state index in [0.717, 1.165) is 6.07 Å². The van der Waals surface area contributed by atoms with Crippen molar-refractivity contribution in [1.82, 2.24) is 5.32 Å². The SMILES string of the molecule is CC(C)(CO)CNCc1ccc(C(N)=O)cc1F. The predicted octanol–water partition coefficient (Wildman–Crippen LogP) is 1.03. The van der Waals surface area contributed by atoms with Crippen molar-refractivity contribution in [3.63, 3.8) is 0 Å². The molecule has 4 N–H and O–H groups in total. The number of amides is 1. The van der Waals surface area contributed by atoms with Crippen LogP contribution in [0.1, 0.15) is 29.8 Å². The van der Waals surface area contributed by atoms with E-state index < -0.39 is 11.7 Å². The van der Waals surface area contributed by atoms with Gasteiger partial charge in [0.25, 0.3) is 0 Å². The summed E-state index contributed by atoms with van der Waals surface area (Å²) in [5, 5.41) is 12.1. The first-order valence-electron chi connectivity index (χ1n) is 5.75. The van der Waals surface area contributed by atoms with Crippen molar-refractivity contribution in [3.8, 4) is 0 Å². The smallest absolute Gasteiger partial charge is 0.248 e. The molecule has 1 rings (SSSR count). The van der Waals surface area contributed by atoms with Gasteiger partial charge in [-0.05, 0) is 12.1 Å². The van der Waals surface area contributed by atoms with Gasteiger partial charge in [0.2, 0.25) is 5.91 Å². The maximum Gasteiger partial charge on any atom is 0.248 e. The van der Waals surface area contributed by atoms with Crippen LogP contribution in [-0.4, -0.2) is 24.2 Å². The molecule has 0 atom stereocenters. The first kappa shape index (κ1) is 14.6. The van der Waals surface area contributed by atoms with E-state index in [2.05, 4.69) is 5.32 Å². The second kappa shape index (κ2) is 5.93. The van der Waals surface area contributed by atoms with Crippen molar-refractivity contribution in [3.05, 3.63) is 35.1 Å². The van der Waals surface area contributed by atoms with Gasteiger partial charge in [0.15, 0.2) is 0 Å². The lowest BCUT2D eigenvalue weighted by Gasteiger charge is -2.22. The van der Waals surface area contributed by atoms with Gasteiger partial charge < -0.3 is 16.2 Å². The average Bonchev–Trinajstić information content (AvgIpc) is 2.31. The second-order valence-corrected chi connectivity index (χ2v) is 5.10. The highest BCUT2D eigenvalue weighted by Crippen LogP contribution is 2.13. The number of carbonyl (C=O) groups is 1. The molecule has 1 aromatic carbocycles. The highest BCUT2D eigenvalue weighted by Gasteiger charge is 2.16. The van der Waals surface area contributed by atoms with Crippen LogP contribution < -0.4 is 11.1 Å². The number of benzene rings is 1. The fourth-order valence-electron chi connectivity index (χ4n) is 1.44. The standard InChI is InChI=1S/C13H19FN2O2/c1-13(2,8-17)7-16-6-10-4-3-9(12(15)18)5-11(10)14/h3-5,16-17H,6-8H2,1-2H3,(H2,15,18). The lowest BCUT2D eigenvalue weighted by atomic mass is 9.95. The number of nitrogens with one attached hydrogen (secondary N) is 1. The molecule has 0 bridgehead atoms. The molecule has 4 nitrogen and oxygen atoms in total. The molecular formula is C13H19FN2O2. The zero-order valence-corrected chi connectivity index (χ0v) is 10.7. The van der Waals surface area contributed by atoms with Gasteiger partial charge in [-0.1, -0.05) is 19.9 Å². The van der Waals surface area contributed by atoms with Gasteiger partial charge in [-0.25, -0.2) is 4.39 Å². The van der Waals surface area contributed by atoms with Crippen LogP contribution in [0.5, 0.6) is 0 Å². The summed E-state index contributed by atoms with van der Waals surface area (Å²) < 4.78 is 13.6. The largest absolute Gasteiger partial charge is 0.396 e. The average molecular weight is 254 g/mol. The Kier molecular flexibility index (Phi) is 4.81. The highest BCUT2D eigenvalue weighted by atomic mass is 19.1. The summed E-state index contributed by atoms with van der Waals surface area (Å²) in [6.45, 7) is 4.79. The molecular weight excluding hydrogens is 235 g/mol. The summed E-state index contributed by atoms with van der Waals surface area (Å²) >= 11 is 0. The van der Waals surface area contributed by atoms with Crippen LogP contribution in [0.4, 0.5) is 4.39 Å². The Bertz CT molecular complexity index is 433. The highest BCUT2D eigenvalue weighted by molar-refractivity contribution is 5.92. The molecule has 0 spiro atoms. The van der Waals surface area contributed by atoms with Crippen LogP contribution in [0.25, 0.3) is 0 Å². The zero-order chi connectivity index (χ0) is 13.8. The van der Waals surface area contributed by atoms with Gasteiger partial charge in [-0.2, -0.15) is 0 Å². The number of aliphatic hydroxyl groups is 1. The number of primary amides is 1. The van der Waals surface area contributed by atoms with Crippen molar-refractivity contribution in [2.24, 2.45) is 11.1 Å². The molecule has 0 heterocycles. The summed E-state index contributed by atoms with van der Waals surface area (Å²) in [5.41, 5.74) is 5.44. The fraction of sp³-hybridized carbons (Fsp3) is 0.462. The summed E-state index contributed by atoms with van der Waals surface area (Å²) in [6.07, 6.45) is 0. The molecule has 0 unspecified atom stereocenters. The first-order valence-corrected chi connectivity index (χ1v) is 5.75. The van der Waals surface area contributed by atoms with Crippen molar-refractivity contribution in [1.29, 1.82) is 0 Å². The molecule has 0 saturated carbocycles. The summed E-state index contributed by atoms with van der Waals surface area (Å²) in [7, 11) is 0. The molecule has 0 aliphatic carbocycles. The van der Waals surface area contributed by atoms with Gasteiger partial charge in [-0.15, -0.1) is 0 Å². The monoisotopic (exact) mass is 254 g/mol. The van der Waals surface area contributed by atoms with Gasteiger partial charge in [0.1, 0.15) is 5.82 Å². The van der Waals surface area contributed by atoms with E-state index >= 15 is 0 Å². The number of carbonyl (C=O) groups excluding carboxylic acids is 1. The molecule has 1 amide bonds. The molecule has 1 aromatic rings. The molecule has 0 fully saturated rings. The third-order valence-corrected chi connectivity index (χ3v) is 2.68. The minimum atomic E-state index is -0.644. The Labute approximate surface area is 106 Å². The number of nitrogens with two attached hydrogens (primary N) is 1. The number of halogens is 1. The van der Waals surface area contributed by atoms with Crippen LogP contribution in [0, 0.1) is 11.2 Å². The third kappa shape index (κ3) is 4.09. The lowest BCUT2D eigenvalue weighted by molar-refractivity contribution is 0.1000. The van der Waals surface area contributed by atoms with Crippen LogP contribution >= 0.6 is 0 Å². The quantitative estimate of drug-likeness (QED) is 0.710. The van der Waals surface area contributed by atoms with E-state index in [1.807, 2.05) is 13.8 Å². The van der Waals surface area contributed by atoms with Crippen molar-refractivity contribution >= 4 is 5.91 Å². The lowest BCUT2D eigenvalue weighted by Crippen LogP contribution is -2.32. The van der Waals surface area contributed by atoms with Crippen LogP contribution in [-0.2, 0) is 6.54 Å². The molecule has 0 aliphatic heterocycles. The van der Waals surface area contributed by atoms with E-state index in [-0.39, 0.29) is 17.6 Å².